The molecule has 0 saturated carbocycles. The third-order valence-corrected chi connectivity index (χ3v) is 14.1. The summed E-state index contributed by atoms with van der Waals surface area (Å²) in [4.78, 5) is 4.58. The molecule has 12 aromatic rings. The molecule has 73 heavy (non-hydrogen) atoms. The van der Waals surface area contributed by atoms with Crippen LogP contribution in [0.5, 0.6) is 11.5 Å². The van der Waals surface area contributed by atoms with Crippen molar-refractivity contribution in [3.8, 4) is 67.1 Å². The van der Waals surface area contributed by atoms with Gasteiger partial charge in [-0.1, -0.05) is 182 Å². The van der Waals surface area contributed by atoms with Crippen molar-refractivity contribution in [2.75, 3.05) is 16.6 Å². The predicted molar refractivity (Wildman–Crippen MR) is 304 cm³/mol. The summed E-state index contributed by atoms with van der Waals surface area (Å²) < 4.78 is 12.6. The molecule has 0 aromatic heterocycles. The van der Waals surface area contributed by atoms with Gasteiger partial charge < -0.3 is 19.3 Å². The van der Waals surface area contributed by atoms with E-state index in [-0.39, 0.29) is 6.79 Å². The molecule has 346 valence electrons. The van der Waals surface area contributed by atoms with Gasteiger partial charge in [-0.2, -0.15) is 0 Å². The van der Waals surface area contributed by atoms with E-state index in [1.165, 1.54) is 22.3 Å². The molecule has 0 radical (unpaired) electrons. The topological polar surface area (TPSA) is 24.9 Å². The van der Waals surface area contributed by atoms with E-state index in [1.54, 1.807) is 0 Å². The Morgan fingerprint density at radius 3 is 0.808 bits per heavy atom. The summed E-state index contributed by atoms with van der Waals surface area (Å²) in [5, 5.41) is 4.53. The number of ether oxygens (including phenoxy) is 2. The monoisotopic (exact) mass is 936 g/mol. The van der Waals surface area contributed by atoms with Crippen molar-refractivity contribution in [3.05, 3.63) is 279 Å². The second kappa shape index (κ2) is 18.9. The summed E-state index contributed by atoms with van der Waals surface area (Å²) >= 11 is 0. The first kappa shape index (κ1) is 43.4. The van der Waals surface area contributed by atoms with Crippen LogP contribution < -0.4 is 19.3 Å². The van der Waals surface area contributed by atoms with Gasteiger partial charge in [-0.15, -0.1) is 0 Å². The van der Waals surface area contributed by atoms with Gasteiger partial charge in [0.05, 0.1) is 0 Å². The highest BCUT2D eigenvalue weighted by Gasteiger charge is 2.23. The summed E-state index contributed by atoms with van der Waals surface area (Å²) in [6.45, 7) is 0.147. The molecule has 0 atom stereocenters. The van der Waals surface area contributed by atoms with Crippen LogP contribution in [0.3, 0.4) is 0 Å². The number of nitrogens with zero attached hydrogens (tertiary/aromatic N) is 2. The second-order valence-electron chi connectivity index (χ2n) is 18.4. The zero-order chi connectivity index (χ0) is 48.5. The molecular formula is C69H48N2O2. The molecule has 0 N–H and O–H groups in total. The van der Waals surface area contributed by atoms with Crippen LogP contribution in [0.2, 0.25) is 0 Å². The highest BCUT2D eigenvalue weighted by Crippen LogP contribution is 2.48. The number of benzene rings is 12. The molecule has 0 amide bonds. The molecule has 1 aliphatic rings. The first-order valence-corrected chi connectivity index (χ1v) is 24.8. The van der Waals surface area contributed by atoms with E-state index < -0.39 is 0 Å². The van der Waals surface area contributed by atoms with E-state index in [0.717, 1.165) is 101 Å². The van der Waals surface area contributed by atoms with Gasteiger partial charge in [0.1, 0.15) is 11.5 Å². The Hall–Kier alpha value is -9.64. The predicted octanol–water partition coefficient (Wildman–Crippen LogP) is 19.0. The minimum atomic E-state index is 0.147. The van der Waals surface area contributed by atoms with Crippen molar-refractivity contribution in [3.63, 3.8) is 0 Å². The maximum Gasteiger partial charge on any atom is 0.230 e. The quantitative estimate of drug-likeness (QED) is 0.136. The van der Waals surface area contributed by atoms with Gasteiger partial charge in [-0.3, -0.25) is 0 Å². The molecule has 0 saturated heterocycles. The standard InChI is InChI=1S/C69H48N2O2/c1-5-13-58(14-6-1)70(59-15-7-2-8-16-59)62-37-29-50(30-38-62)48-21-25-52(26-22-48)54-33-41-64-56(45-54)35-43-66-68(64)69-65-42-34-55(46-57(65)36-44-67(69)73-47-72-66)53-27-23-49(24-28-53)51-31-39-63(40-32-51)71(60-17-9-3-10-18-60)61-19-11-4-12-20-61/h1-46H,47H2. The van der Waals surface area contributed by atoms with Gasteiger partial charge in [0.25, 0.3) is 0 Å². The number of hydrogen-bond donors (Lipinski definition) is 0. The maximum atomic E-state index is 6.30. The molecule has 0 fully saturated rings. The van der Waals surface area contributed by atoms with Crippen LogP contribution in [-0.4, -0.2) is 6.79 Å². The van der Waals surface area contributed by atoms with Crippen molar-refractivity contribution in [1.29, 1.82) is 0 Å². The van der Waals surface area contributed by atoms with E-state index in [2.05, 4.69) is 289 Å². The highest BCUT2D eigenvalue weighted by molar-refractivity contribution is 6.11. The van der Waals surface area contributed by atoms with E-state index in [0.29, 0.717) is 0 Å². The third-order valence-electron chi connectivity index (χ3n) is 14.1. The van der Waals surface area contributed by atoms with E-state index in [4.69, 9.17) is 9.47 Å². The van der Waals surface area contributed by atoms with Gasteiger partial charge in [0, 0.05) is 45.3 Å². The Kier molecular flexibility index (Phi) is 11.3. The fourth-order valence-electron chi connectivity index (χ4n) is 10.4. The Morgan fingerprint density at radius 2 is 0.493 bits per heavy atom. The van der Waals surface area contributed by atoms with Crippen LogP contribution in [0.1, 0.15) is 0 Å². The zero-order valence-corrected chi connectivity index (χ0v) is 40.0. The molecule has 0 unspecified atom stereocenters. The number of para-hydroxylation sites is 4. The molecule has 13 rings (SSSR count). The van der Waals surface area contributed by atoms with E-state index >= 15 is 0 Å². The number of hydrogen-bond acceptors (Lipinski definition) is 4. The third kappa shape index (κ3) is 8.41. The summed E-state index contributed by atoms with van der Waals surface area (Å²) in [6.07, 6.45) is 0. The second-order valence-corrected chi connectivity index (χ2v) is 18.4. The van der Waals surface area contributed by atoms with Crippen LogP contribution >= 0.6 is 0 Å². The minimum absolute atomic E-state index is 0.147. The van der Waals surface area contributed by atoms with Crippen molar-refractivity contribution < 1.29 is 9.47 Å². The number of anilines is 6. The average Bonchev–Trinajstić information content (AvgIpc) is 3.67. The molecule has 4 nitrogen and oxygen atoms in total. The lowest BCUT2D eigenvalue weighted by Gasteiger charge is -2.25. The number of fused-ring (bicyclic) bond motifs is 7. The Morgan fingerprint density at radius 1 is 0.233 bits per heavy atom. The zero-order valence-electron chi connectivity index (χ0n) is 40.0. The highest BCUT2D eigenvalue weighted by atomic mass is 16.7. The molecule has 1 aliphatic heterocycles. The molecule has 4 heteroatoms. The first-order chi connectivity index (χ1) is 36.2. The lowest BCUT2D eigenvalue weighted by molar-refractivity contribution is 0.125. The summed E-state index contributed by atoms with van der Waals surface area (Å²) in [5.41, 5.74) is 18.1. The van der Waals surface area contributed by atoms with Gasteiger partial charge >= 0.3 is 0 Å². The van der Waals surface area contributed by atoms with Gasteiger partial charge in [-0.05, 0) is 163 Å². The summed E-state index contributed by atoms with van der Waals surface area (Å²) in [6, 6.07) is 99.5. The van der Waals surface area contributed by atoms with Crippen molar-refractivity contribution in [2.45, 2.75) is 0 Å². The summed E-state index contributed by atoms with van der Waals surface area (Å²) in [5.74, 6) is 1.64. The lowest BCUT2D eigenvalue weighted by Crippen LogP contribution is -2.09. The van der Waals surface area contributed by atoms with Crippen LogP contribution in [0.25, 0.3) is 77.2 Å². The van der Waals surface area contributed by atoms with Crippen LogP contribution in [0, 0.1) is 0 Å². The number of rotatable bonds is 10. The van der Waals surface area contributed by atoms with Crippen LogP contribution in [0.4, 0.5) is 34.1 Å². The SMILES string of the molecule is c1ccc(N(c2ccccc2)c2ccc(-c3ccc(-c4ccc5c6c(ccc5c4)OCOc4ccc5cc(-c7ccc(-c8ccc(N(c9ccccc9)c9ccccc9)cc8)cc7)ccc5c4-6)cc3)cc2)cc1. The largest absolute Gasteiger partial charge is 0.457 e. The smallest absolute Gasteiger partial charge is 0.230 e. The van der Waals surface area contributed by atoms with Crippen molar-refractivity contribution in [2.24, 2.45) is 0 Å². The first-order valence-electron chi connectivity index (χ1n) is 24.8. The molecule has 12 aromatic carbocycles. The van der Waals surface area contributed by atoms with Crippen LogP contribution in [0.15, 0.2) is 279 Å². The molecular weight excluding hydrogens is 889 g/mol. The Labute approximate surface area is 425 Å². The molecule has 0 bridgehead atoms. The average molecular weight is 937 g/mol. The maximum absolute atomic E-state index is 6.30. The molecule has 0 spiro atoms. The van der Waals surface area contributed by atoms with E-state index in [9.17, 15) is 0 Å². The van der Waals surface area contributed by atoms with Crippen LogP contribution in [-0.2, 0) is 0 Å². The van der Waals surface area contributed by atoms with E-state index in [1.807, 2.05) is 0 Å². The Balaban J connectivity index is 0.762. The van der Waals surface area contributed by atoms with Crippen molar-refractivity contribution >= 4 is 55.7 Å². The molecule has 1 heterocycles. The van der Waals surface area contributed by atoms with Gasteiger partial charge in [0.2, 0.25) is 6.79 Å². The van der Waals surface area contributed by atoms with Crippen molar-refractivity contribution in [1.82, 2.24) is 0 Å². The lowest BCUT2D eigenvalue weighted by atomic mass is 9.90. The Bertz CT molecular complexity index is 3540. The fraction of sp³-hybridized carbons (Fsp3) is 0.0145. The van der Waals surface area contributed by atoms with Gasteiger partial charge in [0.15, 0.2) is 0 Å². The summed E-state index contributed by atoms with van der Waals surface area (Å²) in [7, 11) is 0. The van der Waals surface area contributed by atoms with Gasteiger partial charge in [-0.25, -0.2) is 0 Å². The normalized spacial score (nSPS) is 11.7. The minimum Gasteiger partial charge on any atom is -0.457 e. The molecule has 0 aliphatic carbocycles. The fourth-order valence-corrected chi connectivity index (χ4v) is 10.4.